The second kappa shape index (κ2) is 11.9. The van der Waals surface area contributed by atoms with Gasteiger partial charge in [-0.15, -0.1) is 0 Å². The quantitative estimate of drug-likeness (QED) is 0.325. The Morgan fingerprint density at radius 3 is 2.28 bits per heavy atom. The third kappa shape index (κ3) is 7.05. The smallest absolute Gasteiger partial charge is 0.234 e. The van der Waals surface area contributed by atoms with Gasteiger partial charge in [0.25, 0.3) is 5.82 Å². The Bertz CT molecular complexity index is 571. The highest BCUT2D eigenvalue weighted by Crippen LogP contribution is 2.09. The molecule has 0 unspecified atom stereocenters. The Kier molecular flexibility index (Phi) is 9.40. The van der Waals surface area contributed by atoms with Crippen molar-refractivity contribution in [3.05, 3.63) is 54.1 Å². The molecule has 0 atom stereocenters. The number of benzene rings is 1. The summed E-state index contributed by atoms with van der Waals surface area (Å²) in [5.41, 5.74) is 1.45. The first-order valence-electron chi connectivity index (χ1n) is 10.5. The van der Waals surface area contributed by atoms with Crippen molar-refractivity contribution in [3.63, 3.8) is 0 Å². The summed E-state index contributed by atoms with van der Waals surface area (Å²) in [4.78, 5) is 0. The molecule has 25 heavy (non-hydrogen) atoms. The first-order chi connectivity index (χ1) is 12.3. The number of unbranched alkanes of at least 4 members (excludes halogenated alkanes) is 6. The predicted molar refractivity (Wildman–Crippen MR) is 107 cm³/mol. The lowest BCUT2D eigenvalue weighted by Gasteiger charge is -2.05. The van der Waals surface area contributed by atoms with Gasteiger partial charge in [-0.3, -0.25) is 0 Å². The molecule has 0 N–H and O–H groups in total. The van der Waals surface area contributed by atoms with Crippen LogP contribution in [0.25, 0.3) is 0 Å². The van der Waals surface area contributed by atoms with Crippen LogP contribution < -0.4 is 4.57 Å². The van der Waals surface area contributed by atoms with Crippen LogP contribution in [-0.2, 0) is 25.9 Å². The normalized spacial score (nSPS) is 11.1. The summed E-state index contributed by atoms with van der Waals surface area (Å²) >= 11 is 0. The first-order valence-corrected chi connectivity index (χ1v) is 10.5. The molecule has 1 aromatic carbocycles. The van der Waals surface area contributed by atoms with E-state index in [2.05, 4.69) is 65.7 Å². The fourth-order valence-electron chi connectivity index (χ4n) is 3.65. The van der Waals surface area contributed by atoms with Gasteiger partial charge in [0.1, 0.15) is 12.4 Å². The Hall–Kier alpha value is -1.57. The van der Waals surface area contributed by atoms with E-state index in [1.54, 1.807) is 0 Å². The van der Waals surface area contributed by atoms with Gasteiger partial charge in [-0.1, -0.05) is 76.3 Å². The van der Waals surface area contributed by atoms with Crippen LogP contribution in [0.4, 0.5) is 0 Å². The van der Waals surface area contributed by atoms with Crippen molar-refractivity contribution in [1.82, 2.24) is 4.57 Å². The number of aryl methyl sites for hydroxylation is 3. The van der Waals surface area contributed by atoms with E-state index in [4.69, 9.17) is 0 Å². The van der Waals surface area contributed by atoms with Crippen molar-refractivity contribution in [2.24, 2.45) is 0 Å². The monoisotopic (exact) mass is 341 g/mol. The molecule has 0 saturated carbocycles. The van der Waals surface area contributed by atoms with Crippen LogP contribution in [0.2, 0.25) is 0 Å². The van der Waals surface area contributed by atoms with Gasteiger partial charge in [-0.05, 0) is 31.2 Å². The minimum absolute atomic E-state index is 1.12. The highest BCUT2D eigenvalue weighted by molar-refractivity contribution is 5.14. The zero-order valence-corrected chi connectivity index (χ0v) is 16.4. The van der Waals surface area contributed by atoms with Crippen molar-refractivity contribution < 1.29 is 4.57 Å². The van der Waals surface area contributed by atoms with Crippen molar-refractivity contribution in [1.29, 1.82) is 0 Å². The van der Waals surface area contributed by atoms with Gasteiger partial charge in [0.05, 0.1) is 13.1 Å². The summed E-state index contributed by atoms with van der Waals surface area (Å²) in [6, 6.07) is 10.8. The lowest BCUT2D eigenvalue weighted by molar-refractivity contribution is -0.704. The molecule has 2 heteroatoms. The molecule has 138 valence electrons. The van der Waals surface area contributed by atoms with E-state index in [1.165, 1.54) is 75.7 Å². The molecule has 0 saturated heterocycles. The molecule has 2 rings (SSSR count). The molecule has 2 aromatic rings. The Labute approximate surface area is 154 Å². The van der Waals surface area contributed by atoms with Gasteiger partial charge in [0, 0.05) is 6.42 Å². The van der Waals surface area contributed by atoms with Crippen molar-refractivity contribution in [2.75, 3.05) is 0 Å². The van der Waals surface area contributed by atoms with Gasteiger partial charge >= 0.3 is 0 Å². The molecule has 0 aliphatic heterocycles. The fourth-order valence-corrected chi connectivity index (χ4v) is 3.65. The zero-order chi connectivity index (χ0) is 17.7. The number of nitrogens with zero attached hydrogens (tertiary/aromatic N) is 2. The van der Waals surface area contributed by atoms with Crippen molar-refractivity contribution >= 4 is 0 Å². The molecule has 2 nitrogen and oxygen atoms in total. The number of aromatic nitrogens is 2. The summed E-state index contributed by atoms with van der Waals surface area (Å²) in [7, 11) is 0. The minimum Gasteiger partial charge on any atom is -0.234 e. The Morgan fingerprint density at radius 1 is 0.840 bits per heavy atom. The highest BCUT2D eigenvalue weighted by atomic mass is 15.1. The van der Waals surface area contributed by atoms with Gasteiger partial charge in [0.2, 0.25) is 0 Å². The Morgan fingerprint density at radius 2 is 1.56 bits per heavy atom. The molecular weight excluding hydrogens is 304 g/mol. The second-order valence-electron chi connectivity index (χ2n) is 7.17. The number of hydrogen-bond donors (Lipinski definition) is 0. The molecule has 0 amide bonds. The van der Waals surface area contributed by atoms with Crippen LogP contribution in [-0.4, -0.2) is 4.57 Å². The van der Waals surface area contributed by atoms with Crippen LogP contribution in [0, 0.1) is 0 Å². The molecule has 0 radical (unpaired) electrons. The van der Waals surface area contributed by atoms with Crippen LogP contribution in [0.15, 0.2) is 42.7 Å². The molecule has 0 bridgehead atoms. The molecule has 1 aromatic heterocycles. The van der Waals surface area contributed by atoms with Gasteiger partial charge in [-0.25, -0.2) is 9.13 Å². The molecule has 1 heterocycles. The largest absolute Gasteiger partial charge is 0.256 e. The second-order valence-corrected chi connectivity index (χ2v) is 7.17. The van der Waals surface area contributed by atoms with E-state index < -0.39 is 0 Å². The standard InChI is InChI=1S/C23H37N2/c1-3-5-6-7-8-9-13-18-24-20-21-25(23(24)4-2)19-14-17-22-15-11-10-12-16-22/h10-12,15-16,20-21H,3-9,13-14,17-19H2,1-2H3/q+1. The summed E-state index contributed by atoms with van der Waals surface area (Å²) in [5, 5.41) is 0. The molecule has 0 aliphatic carbocycles. The van der Waals surface area contributed by atoms with Gasteiger partial charge in [-0.2, -0.15) is 0 Å². The average Bonchev–Trinajstić information content (AvgIpc) is 3.03. The zero-order valence-electron chi connectivity index (χ0n) is 16.4. The van der Waals surface area contributed by atoms with Crippen LogP contribution >= 0.6 is 0 Å². The van der Waals surface area contributed by atoms with Crippen molar-refractivity contribution in [3.8, 4) is 0 Å². The number of hydrogen-bond acceptors (Lipinski definition) is 0. The maximum atomic E-state index is 2.48. The van der Waals surface area contributed by atoms with Crippen LogP contribution in [0.3, 0.4) is 0 Å². The lowest BCUT2D eigenvalue weighted by atomic mass is 10.1. The van der Waals surface area contributed by atoms with Crippen LogP contribution in [0.5, 0.6) is 0 Å². The van der Waals surface area contributed by atoms with E-state index in [9.17, 15) is 0 Å². The van der Waals surface area contributed by atoms with Gasteiger partial charge < -0.3 is 0 Å². The molecule has 0 spiro atoms. The molecule has 0 fully saturated rings. The third-order valence-electron chi connectivity index (χ3n) is 5.12. The predicted octanol–water partition coefficient (Wildman–Crippen LogP) is 5.72. The molecule has 0 aliphatic rings. The summed E-state index contributed by atoms with van der Waals surface area (Å²) in [5.74, 6) is 1.49. The topological polar surface area (TPSA) is 8.81 Å². The lowest BCUT2D eigenvalue weighted by Crippen LogP contribution is -2.37. The summed E-state index contributed by atoms with van der Waals surface area (Å²) in [6.07, 6.45) is 17.7. The van der Waals surface area contributed by atoms with E-state index >= 15 is 0 Å². The number of imidazole rings is 1. The van der Waals surface area contributed by atoms with E-state index in [1.807, 2.05) is 0 Å². The third-order valence-corrected chi connectivity index (χ3v) is 5.12. The van der Waals surface area contributed by atoms with E-state index in [-0.39, 0.29) is 0 Å². The maximum absolute atomic E-state index is 2.48. The van der Waals surface area contributed by atoms with E-state index in [0.29, 0.717) is 0 Å². The maximum Gasteiger partial charge on any atom is 0.256 e. The summed E-state index contributed by atoms with van der Waals surface area (Å²) in [6.45, 7) is 6.88. The SMILES string of the molecule is CCCCCCCCCn1cc[n+](CCCc2ccccc2)c1CC. The highest BCUT2D eigenvalue weighted by Gasteiger charge is 2.14. The van der Waals surface area contributed by atoms with Crippen molar-refractivity contribution in [2.45, 2.75) is 91.1 Å². The molecular formula is C23H37N2+. The Balaban J connectivity index is 1.72. The average molecular weight is 342 g/mol. The van der Waals surface area contributed by atoms with Crippen LogP contribution in [0.1, 0.15) is 76.6 Å². The summed E-state index contributed by atoms with van der Waals surface area (Å²) < 4.78 is 4.94. The minimum atomic E-state index is 1.12. The fraction of sp³-hybridized carbons (Fsp3) is 0.609. The number of rotatable bonds is 13. The van der Waals surface area contributed by atoms with E-state index in [0.717, 1.165) is 13.0 Å². The first kappa shape index (κ1) is 19.8. The van der Waals surface area contributed by atoms with Gasteiger partial charge in [0.15, 0.2) is 0 Å².